The van der Waals surface area contributed by atoms with Crippen molar-refractivity contribution >= 4 is 17.5 Å². The van der Waals surface area contributed by atoms with Gasteiger partial charge in [0.1, 0.15) is 17.7 Å². The molecule has 1 aliphatic rings. The van der Waals surface area contributed by atoms with E-state index in [-0.39, 0.29) is 11.7 Å². The molecule has 0 spiro atoms. The quantitative estimate of drug-likeness (QED) is 0.491. The Labute approximate surface area is 189 Å². The Bertz CT molecular complexity index is 1280. The van der Waals surface area contributed by atoms with Crippen molar-refractivity contribution in [2.45, 2.75) is 25.3 Å². The Morgan fingerprint density at radius 3 is 2.56 bits per heavy atom. The molecular formula is C24H21ClFN5O. The van der Waals surface area contributed by atoms with Gasteiger partial charge < -0.3 is 9.88 Å². The second-order valence-electron chi connectivity index (χ2n) is 7.87. The first-order chi connectivity index (χ1) is 15.5. The third-order valence-electron chi connectivity index (χ3n) is 5.81. The number of aryl methyl sites for hydroxylation is 1. The number of amides is 1. The summed E-state index contributed by atoms with van der Waals surface area (Å²) in [6.45, 7) is 0. The van der Waals surface area contributed by atoms with Crippen LogP contribution in [0.1, 0.15) is 45.6 Å². The molecule has 0 unspecified atom stereocenters. The molecule has 0 saturated carbocycles. The lowest BCUT2D eigenvalue weighted by Crippen LogP contribution is -2.32. The summed E-state index contributed by atoms with van der Waals surface area (Å²) in [6.07, 6.45) is 6.10. The maximum absolute atomic E-state index is 13.5. The third kappa shape index (κ3) is 3.69. The van der Waals surface area contributed by atoms with Gasteiger partial charge >= 0.3 is 0 Å². The Hall–Kier alpha value is -3.45. The van der Waals surface area contributed by atoms with Crippen LogP contribution < -0.4 is 5.32 Å². The number of carbonyl (C=O) groups excluding carboxylic acids is 1. The Balaban J connectivity index is 1.52. The lowest BCUT2D eigenvalue weighted by Gasteiger charge is -2.19. The van der Waals surface area contributed by atoms with Crippen LogP contribution in [0.2, 0.25) is 5.02 Å². The van der Waals surface area contributed by atoms with E-state index in [0.717, 1.165) is 41.8 Å². The van der Waals surface area contributed by atoms with Crippen molar-refractivity contribution in [2.75, 3.05) is 0 Å². The molecule has 0 saturated heterocycles. The second-order valence-corrected chi connectivity index (χ2v) is 8.31. The molecule has 2 aromatic carbocycles. The number of nitrogens with one attached hydrogen (secondary N) is 1. The zero-order chi connectivity index (χ0) is 22.2. The summed E-state index contributed by atoms with van der Waals surface area (Å²) in [4.78, 5) is 17.9. The van der Waals surface area contributed by atoms with E-state index in [4.69, 9.17) is 11.6 Å². The number of hydrogen-bond donors (Lipinski definition) is 1. The summed E-state index contributed by atoms with van der Waals surface area (Å²) < 4.78 is 17.0. The van der Waals surface area contributed by atoms with Crippen molar-refractivity contribution in [1.82, 2.24) is 24.6 Å². The molecular weight excluding hydrogens is 429 g/mol. The average molecular weight is 450 g/mol. The number of fused-ring (bicyclic) bond motifs is 1. The number of imidazole rings is 1. The standard InChI is InChI=1S/C24H21ClFN5O/c1-30-14-13-27-23(30)21(15-5-7-16(25)8-6-15)28-24(32)22-19-3-2-4-20(19)31(29-22)18-11-9-17(26)10-12-18/h5-14,21H,2-4H2,1H3,(H,28,32)/t21-/m0/s1. The highest BCUT2D eigenvalue weighted by Gasteiger charge is 2.29. The van der Waals surface area contributed by atoms with Crippen LogP contribution >= 0.6 is 11.6 Å². The molecule has 6 nitrogen and oxygen atoms in total. The summed E-state index contributed by atoms with van der Waals surface area (Å²) in [5, 5.41) is 8.36. The highest BCUT2D eigenvalue weighted by atomic mass is 35.5. The predicted molar refractivity (Wildman–Crippen MR) is 120 cm³/mol. The smallest absolute Gasteiger partial charge is 0.272 e. The number of rotatable bonds is 5. The van der Waals surface area contributed by atoms with E-state index in [9.17, 15) is 9.18 Å². The molecule has 162 valence electrons. The Morgan fingerprint density at radius 2 is 1.88 bits per heavy atom. The summed E-state index contributed by atoms with van der Waals surface area (Å²) in [6, 6.07) is 13.0. The van der Waals surface area contributed by atoms with E-state index < -0.39 is 6.04 Å². The van der Waals surface area contributed by atoms with Gasteiger partial charge in [-0.15, -0.1) is 0 Å². The number of hydrogen-bond acceptors (Lipinski definition) is 3. The maximum Gasteiger partial charge on any atom is 0.272 e. The summed E-state index contributed by atoms with van der Waals surface area (Å²) >= 11 is 6.06. The highest BCUT2D eigenvalue weighted by molar-refractivity contribution is 6.30. The van der Waals surface area contributed by atoms with Gasteiger partial charge in [-0.2, -0.15) is 5.10 Å². The third-order valence-corrected chi connectivity index (χ3v) is 6.06. The minimum Gasteiger partial charge on any atom is -0.337 e. The van der Waals surface area contributed by atoms with Gasteiger partial charge in [0.05, 0.1) is 5.69 Å². The number of carbonyl (C=O) groups is 1. The maximum atomic E-state index is 13.5. The second kappa shape index (κ2) is 8.24. The molecule has 0 fully saturated rings. The van der Waals surface area contributed by atoms with Crippen LogP contribution in [-0.2, 0) is 19.9 Å². The fourth-order valence-corrected chi connectivity index (χ4v) is 4.35. The van der Waals surface area contributed by atoms with E-state index in [2.05, 4.69) is 15.4 Å². The van der Waals surface area contributed by atoms with Crippen LogP contribution in [0.15, 0.2) is 60.9 Å². The molecule has 32 heavy (non-hydrogen) atoms. The molecule has 0 radical (unpaired) electrons. The summed E-state index contributed by atoms with van der Waals surface area (Å²) in [5.74, 6) is 0.124. The van der Waals surface area contributed by atoms with Crippen molar-refractivity contribution in [3.63, 3.8) is 0 Å². The van der Waals surface area contributed by atoms with Crippen LogP contribution in [0.5, 0.6) is 0 Å². The highest BCUT2D eigenvalue weighted by Crippen LogP contribution is 2.29. The largest absolute Gasteiger partial charge is 0.337 e. The molecule has 5 rings (SSSR count). The van der Waals surface area contributed by atoms with Crippen LogP contribution in [0.3, 0.4) is 0 Å². The minimum absolute atomic E-state index is 0.271. The van der Waals surface area contributed by atoms with Crippen molar-refractivity contribution in [3.05, 3.63) is 100 Å². The van der Waals surface area contributed by atoms with Crippen LogP contribution in [0, 0.1) is 5.82 Å². The van der Waals surface area contributed by atoms with Gasteiger partial charge in [0.25, 0.3) is 5.91 Å². The molecule has 2 aromatic heterocycles. The van der Waals surface area contributed by atoms with Crippen LogP contribution in [-0.4, -0.2) is 25.2 Å². The Kier molecular flexibility index (Phi) is 5.27. The predicted octanol–water partition coefficient (Wildman–Crippen LogP) is 4.41. The molecule has 8 heteroatoms. The van der Waals surface area contributed by atoms with Crippen LogP contribution in [0.25, 0.3) is 5.69 Å². The molecule has 1 atom stereocenters. The topological polar surface area (TPSA) is 64.7 Å². The van der Waals surface area contributed by atoms with Gasteiger partial charge in [-0.3, -0.25) is 4.79 Å². The summed E-state index contributed by atoms with van der Waals surface area (Å²) in [5.41, 5.74) is 3.95. The molecule has 1 aliphatic carbocycles. The first-order valence-corrected chi connectivity index (χ1v) is 10.8. The fraction of sp³-hybridized carbons (Fsp3) is 0.208. The van der Waals surface area contributed by atoms with Crippen molar-refractivity contribution in [1.29, 1.82) is 0 Å². The van der Waals surface area contributed by atoms with E-state index in [1.54, 1.807) is 35.1 Å². The molecule has 0 aliphatic heterocycles. The first-order valence-electron chi connectivity index (χ1n) is 10.4. The van der Waals surface area contributed by atoms with E-state index >= 15 is 0 Å². The van der Waals surface area contributed by atoms with Crippen LogP contribution in [0.4, 0.5) is 4.39 Å². The average Bonchev–Trinajstić information content (AvgIpc) is 3.50. The number of benzene rings is 2. The van der Waals surface area contributed by atoms with Crippen molar-refractivity contribution in [3.8, 4) is 5.69 Å². The van der Waals surface area contributed by atoms with Gasteiger partial charge in [0.15, 0.2) is 5.69 Å². The molecule has 1 amide bonds. The molecule has 4 aromatic rings. The van der Waals surface area contributed by atoms with Gasteiger partial charge in [-0.25, -0.2) is 14.1 Å². The van der Waals surface area contributed by atoms with Gasteiger partial charge in [-0.1, -0.05) is 23.7 Å². The number of aromatic nitrogens is 4. The van der Waals surface area contributed by atoms with Gasteiger partial charge in [0.2, 0.25) is 0 Å². The molecule has 0 bridgehead atoms. The van der Waals surface area contributed by atoms with Crippen molar-refractivity contribution < 1.29 is 9.18 Å². The van der Waals surface area contributed by atoms with E-state index in [1.165, 1.54) is 12.1 Å². The normalized spacial score (nSPS) is 13.7. The Morgan fingerprint density at radius 1 is 1.12 bits per heavy atom. The number of halogens is 2. The van der Waals surface area contributed by atoms with Crippen molar-refractivity contribution in [2.24, 2.45) is 7.05 Å². The SMILES string of the molecule is Cn1ccnc1[C@@H](NC(=O)c1nn(-c2ccc(F)cc2)c2c1CCC2)c1ccc(Cl)cc1. The zero-order valence-electron chi connectivity index (χ0n) is 17.4. The lowest BCUT2D eigenvalue weighted by molar-refractivity contribution is 0.0934. The van der Waals surface area contributed by atoms with E-state index in [1.807, 2.05) is 29.9 Å². The first kappa shape index (κ1) is 20.5. The zero-order valence-corrected chi connectivity index (χ0v) is 18.2. The van der Waals surface area contributed by atoms with E-state index in [0.29, 0.717) is 16.5 Å². The van der Waals surface area contributed by atoms with Gasteiger partial charge in [0, 0.05) is 35.7 Å². The molecule has 2 heterocycles. The molecule has 1 N–H and O–H groups in total. The number of nitrogens with zero attached hydrogens (tertiary/aromatic N) is 4. The summed E-state index contributed by atoms with van der Waals surface area (Å²) in [7, 11) is 1.89. The van der Waals surface area contributed by atoms with Gasteiger partial charge in [-0.05, 0) is 61.2 Å². The lowest BCUT2D eigenvalue weighted by atomic mass is 10.1. The fourth-order valence-electron chi connectivity index (χ4n) is 4.22. The minimum atomic E-state index is -0.465. The monoisotopic (exact) mass is 449 g/mol.